The number of anilines is 1. The van der Waals surface area contributed by atoms with Crippen LogP contribution in [0.1, 0.15) is 22.6 Å². The largest absolute Gasteiger partial charge is 0.378 e. The molecular weight excluding hydrogens is 200 g/mol. The van der Waals surface area contributed by atoms with Crippen molar-refractivity contribution in [1.29, 1.82) is 0 Å². The number of nitrogens with one attached hydrogen (secondary N) is 2. The van der Waals surface area contributed by atoms with Gasteiger partial charge in [0.1, 0.15) is 0 Å². The van der Waals surface area contributed by atoms with Crippen molar-refractivity contribution in [2.75, 3.05) is 5.32 Å². The molecule has 16 heavy (non-hydrogen) atoms. The molecule has 0 saturated carbocycles. The number of H-pyrrole nitrogens is 1. The number of hydrogen-bond donors (Lipinski definition) is 2. The third kappa shape index (κ3) is 2.21. The molecule has 0 aromatic carbocycles. The van der Waals surface area contributed by atoms with Gasteiger partial charge in [-0.2, -0.15) is 5.10 Å². The van der Waals surface area contributed by atoms with Crippen LogP contribution < -0.4 is 5.32 Å². The van der Waals surface area contributed by atoms with E-state index in [0.29, 0.717) is 0 Å². The summed E-state index contributed by atoms with van der Waals surface area (Å²) in [6.07, 6.45) is 1.90. The molecule has 0 aliphatic carbocycles. The number of aromatic amines is 1. The summed E-state index contributed by atoms with van der Waals surface area (Å²) in [5.74, 6) is 0. The summed E-state index contributed by atoms with van der Waals surface area (Å²) in [5, 5.41) is 10.5. The van der Waals surface area contributed by atoms with Crippen molar-refractivity contribution in [3.8, 4) is 0 Å². The number of nitrogens with zero attached hydrogens (tertiary/aromatic N) is 2. The fraction of sp³-hybridized carbons (Fsp3) is 0.333. The minimum Gasteiger partial charge on any atom is -0.378 e. The van der Waals surface area contributed by atoms with E-state index in [1.54, 1.807) is 0 Å². The van der Waals surface area contributed by atoms with Crippen LogP contribution in [0.2, 0.25) is 0 Å². The Morgan fingerprint density at radius 1 is 1.25 bits per heavy atom. The maximum atomic E-state index is 4.26. The molecular formula is C12H16N4. The molecule has 0 spiro atoms. The molecule has 4 nitrogen and oxygen atoms in total. The van der Waals surface area contributed by atoms with Crippen molar-refractivity contribution < 1.29 is 0 Å². The Labute approximate surface area is 95.1 Å². The van der Waals surface area contributed by atoms with E-state index in [-0.39, 0.29) is 0 Å². The SMILES string of the molecule is Cc1ccc(CNc2c(C)n[nH]c2C)cn1. The molecule has 0 atom stereocenters. The van der Waals surface area contributed by atoms with Gasteiger partial charge in [-0.1, -0.05) is 6.07 Å². The molecule has 0 saturated heterocycles. The molecule has 0 aliphatic rings. The van der Waals surface area contributed by atoms with Crippen LogP contribution in [-0.4, -0.2) is 15.2 Å². The third-order valence-corrected chi connectivity index (χ3v) is 2.57. The molecule has 4 heteroatoms. The van der Waals surface area contributed by atoms with Crippen LogP contribution in [0.3, 0.4) is 0 Å². The fourth-order valence-corrected chi connectivity index (χ4v) is 1.60. The Morgan fingerprint density at radius 3 is 2.62 bits per heavy atom. The Kier molecular flexibility index (Phi) is 2.90. The van der Waals surface area contributed by atoms with Gasteiger partial charge in [0.05, 0.1) is 17.1 Å². The second-order valence-corrected chi connectivity index (χ2v) is 3.97. The van der Waals surface area contributed by atoms with E-state index < -0.39 is 0 Å². The summed E-state index contributed by atoms with van der Waals surface area (Å²) in [6.45, 7) is 6.75. The zero-order valence-electron chi connectivity index (χ0n) is 9.83. The predicted molar refractivity (Wildman–Crippen MR) is 64.4 cm³/mol. The fourth-order valence-electron chi connectivity index (χ4n) is 1.60. The Balaban J connectivity index is 2.05. The quantitative estimate of drug-likeness (QED) is 0.828. The van der Waals surface area contributed by atoms with Gasteiger partial charge in [-0.05, 0) is 32.4 Å². The van der Waals surface area contributed by atoms with E-state index in [1.165, 1.54) is 5.56 Å². The molecule has 0 amide bonds. The van der Waals surface area contributed by atoms with Gasteiger partial charge in [-0.25, -0.2) is 0 Å². The highest BCUT2D eigenvalue weighted by Crippen LogP contribution is 2.16. The van der Waals surface area contributed by atoms with Gasteiger partial charge in [-0.3, -0.25) is 10.1 Å². The van der Waals surface area contributed by atoms with Crippen LogP contribution in [0.4, 0.5) is 5.69 Å². The second-order valence-electron chi connectivity index (χ2n) is 3.97. The summed E-state index contributed by atoms with van der Waals surface area (Å²) in [5.41, 5.74) is 5.36. The first-order chi connectivity index (χ1) is 7.66. The van der Waals surface area contributed by atoms with E-state index in [1.807, 2.05) is 33.0 Å². The van der Waals surface area contributed by atoms with E-state index in [9.17, 15) is 0 Å². The van der Waals surface area contributed by atoms with Crippen LogP contribution in [0.15, 0.2) is 18.3 Å². The highest BCUT2D eigenvalue weighted by Gasteiger charge is 2.04. The summed E-state index contributed by atoms with van der Waals surface area (Å²) in [4.78, 5) is 4.26. The Hall–Kier alpha value is -1.84. The van der Waals surface area contributed by atoms with Gasteiger partial charge < -0.3 is 5.32 Å². The average molecular weight is 216 g/mol. The molecule has 0 radical (unpaired) electrons. The van der Waals surface area contributed by atoms with Crippen molar-refractivity contribution in [2.45, 2.75) is 27.3 Å². The number of hydrogen-bond acceptors (Lipinski definition) is 3. The molecule has 2 N–H and O–H groups in total. The minimum atomic E-state index is 0.772. The van der Waals surface area contributed by atoms with Gasteiger partial charge >= 0.3 is 0 Å². The highest BCUT2D eigenvalue weighted by atomic mass is 15.1. The van der Waals surface area contributed by atoms with Crippen molar-refractivity contribution >= 4 is 5.69 Å². The van der Waals surface area contributed by atoms with Crippen LogP contribution in [0.5, 0.6) is 0 Å². The van der Waals surface area contributed by atoms with Crippen LogP contribution in [0.25, 0.3) is 0 Å². The van der Waals surface area contributed by atoms with Gasteiger partial charge in [-0.15, -0.1) is 0 Å². The van der Waals surface area contributed by atoms with E-state index in [4.69, 9.17) is 0 Å². The normalized spacial score (nSPS) is 10.4. The summed E-state index contributed by atoms with van der Waals surface area (Å²) >= 11 is 0. The smallest absolute Gasteiger partial charge is 0.0825 e. The topological polar surface area (TPSA) is 53.6 Å². The molecule has 0 bridgehead atoms. The molecule has 2 aromatic rings. The van der Waals surface area contributed by atoms with Crippen LogP contribution >= 0.6 is 0 Å². The lowest BCUT2D eigenvalue weighted by Crippen LogP contribution is -2.01. The van der Waals surface area contributed by atoms with E-state index in [2.05, 4.69) is 26.6 Å². The van der Waals surface area contributed by atoms with Gasteiger partial charge in [0.15, 0.2) is 0 Å². The molecule has 2 aromatic heterocycles. The zero-order valence-corrected chi connectivity index (χ0v) is 9.83. The van der Waals surface area contributed by atoms with E-state index >= 15 is 0 Å². The Morgan fingerprint density at radius 2 is 2.06 bits per heavy atom. The number of rotatable bonds is 3. The second kappa shape index (κ2) is 4.35. The number of aryl methyl sites for hydroxylation is 3. The lowest BCUT2D eigenvalue weighted by Gasteiger charge is -2.06. The highest BCUT2D eigenvalue weighted by molar-refractivity contribution is 5.51. The molecule has 2 rings (SSSR count). The Bertz CT molecular complexity index is 451. The number of aromatic nitrogens is 3. The maximum Gasteiger partial charge on any atom is 0.0825 e. The van der Waals surface area contributed by atoms with E-state index in [0.717, 1.165) is 29.3 Å². The first kappa shape index (κ1) is 10.7. The van der Waals surface area contributed by atoms with Gasteiger partial charge in [0.2, 0.25) is 0 Å². The summed E-state index contributed by atoms with van der Waals surface area (Å²) < 4.78 is 0. The standard InChI is InChI=1S/C12H16N4/c1-8-4-5-11(6-13-8)7-14-12-9(2)15-16-10(12)3/h4-6,14H,7H2,1-3H3,(H,15,16). The monoisotopic (exact) mass is 216 g/mol. The van der Waals surface area contributed by atoms with Crippen LogP contribution in [-0.2, 0) is 6.54 Å². The molecule has 84 valence electrons. The molecule has 2 heterocycles. The lowest BCUT2D eigenvalue weighted by atomic mass is 10.2. The van der Waals surface area contributed by atoms with Crippen molar-refractivity contribution in [3.63, 3.8) is 0 Å². The third-order valence-electron chi connectivity index (χ3n) is 2.57. The van der Waals surface area contributed by atoms with Crippen molar-refractivity contribution in [3.05, 3.63) is 41.0 Å². The number of pyridine rings is 1. The minimum absolute atomic E-state index is 0.772. The first-order valence-corrected chi connectivity index (χ1v) is 5.34. The average Bonchev–Trinajstić information content (AvgIpc) is 2.59. The molecule has 0 fully saturated rings. The zero-order chi connectivity index (χ0) is 11.5. The predicted octanol–water partition coefficient (Wildman–Crippen LogP) is 2.34. The van der Waals surface area contributed by atoms with Gasteiger partial charge in [0, 0.05) is 18.4 Å². The maximum absolute atomic E-state index is 4.26. The lowest BCUT2D eigenvalue weighted by molar-refractivity contribution is 1.02. The van der Waals surface area contributed by atoms with Crippen molar-refractivity contribution in [1.82, 2.24) is 15.2 Å². The van der Waals surface area contributed by atoms with Crippen molar-refractivity contribution in [2.24, 2.45) is 0 Å². The summed E-state index contributed by atoms with van der Waals surface area (Å²) in [7, 11) is 0. The first-order valence-electron chi connectivity index (χ1n) is 5.34. The summed E-state index contributed by atoms with van der Waals surface area (Å²) in [6, 6.07) is 4.10. The van der Waals surface area contributed by atoms with Crippen LogP contribution in [0, 0.1) is 20.8 Å². The van der Waals surface area contributed by atoms with Gasteiger partial charge in [0.25, 0.3) is 0 Å². The molecule has 0 aliphatic heterocycles. The molecule has 0 unspecified atom stereocenters.